The molecule has 3 aromatic heterocycles. The predicted octanol–water partition coefficient (Wildman–Crippen LogP) is 10.4. The van der Waals surface area contributed by atoms with Gasteiger partial charge in [0.05, 0.1) is 22.1 Å². The van der Waals surface area contributed by atoms with Crippen molar-refractivity contribution in [1.82, 2.24) is 14.5 Å². The van der Waals surface area contributed by atoms with Crippen LogP contribution in [0.25, 0.3) is 81.2 Å². The van der Waals surface area contributed by atoms with Gasteiger partial charge in [0.25, 0.3) is 0 Å². The Morgan fingerprint density at radius 2 is 1.05 bits per heavy atom. The predicted molar refractivity (Wildman–Crippen MR) is 178 cm³/mol. The first-order chi connectivity index (χ1) is 20.8. The van der Waals surface area contributed by atoms with Crippen LogP contribution in [0.1, 0.15) is 0 Å². The van der Waals surface area contributed by atoms with E-state index in [1.54, 1.807) is 11.3 Å². The molecule has 0 bridgehead atoms. The molecule has 0 aliphatic carbocycles. The van der Waals surface area contributed by atoms with Crippen LogP contribution in [-0.4, -0.2) is 14.5 Å². The van der Waals surface area contributed by atoms with Crippen LogP contribution >= 0.6 is 11.3 Å². The number of benzene rings is 6. The molecule has 0 fully saturated rings. The monoisotopic (exact) mass is 553 g/mol. The summed E-state index contributed by atoms with van der Waals surface area (Å²) in [7, 11) is 0. The molecule has 0 unspecified atom stereocenters. The summed E-state index contributed by atoms with van der Waals surface area (Å²) in [5.41, 5.74) is 11.2. The Hall–Kier alpha value is -5.32. The smallest absolute Gasteiger partial charge is 0.143 e. The first kappa shape index (κ1) is 23.4. The maximum atomic E-state index is 4.99. The van der Waals surface area contributed by atoms with Gasteiger partial charge in [-0.15, -0.1) is 11.3 Å². The van der Waals surface area contributed by atoms with Crippen molar-refractivity contribution >= 4 is 64.6 Å². The molecular formula is C38H23N3S. The molecular weight excluding hydrogens is 531 g/mol. The summed E-state index contributed by atoms with van der Waals surface area (Å²) < 4.78 is 3.58. The maximum Gasteiger partial charge on any atom is 0.143 e. The zero-order chi connectivity index (χ0) is 27.6. The minimum absolute atomic E-state index is 0.931. The second-order valence-electron chi connectivity index (χ2n) is 10.7. The van der Waals surface area contributed by atoms with Crippen LogP contribution in [0.4, 0.5) is 0 Å². The van der Waals surface area contributed by atoms with Crippen LogP contribution in [0, 0.1) is 0 Å². The third-order valence-corrected chi connectivity index (χ3v) is 9.25. The van der Waals surface area contributed by atoms with Gasteiger partial charge in [0, 0.05) is 26.5 Å². The van der Waals surface area contributed by atoms with Gasteiger partial charge in [-0.1, -0.05) is 84.9 Å². The number of nitrogens with zero attached hydrogens (tertiary/aromatic N) is 3. The summed E-state index contributed by atoms with van der Waals surface area (Å²) in [5, 5.41) is 3.70. The van der Waals surface area contributed by atoms with Crippen LogP contribution < -0.4 is 0 Å². The number of fused-ring (bicyclic) bond motifs is 7. The third kappa shape index (κ3) is 3.59. The van der Waals surface area contributed by atoms with Crippen molar-refractivity contribution in [3.63, 3.8) is 0 Å². The van der Waals surface area contributed by atoms with Crippen molar-refractivity contribution in [3.05, 3.63) is 140 Å². The number of rotatable bonds is 3. The molecule has 0 spiro atoms. The van der Waals surface area contributed by atoms with E-state index in [4.69, 9.17) is 9.97 Å². The zero-order valence-corrected chi connectivity index (χ0v) is 23.3. The highest BCUT2D eigenvalue weighted by Gasteiger charge is 2.14. The van der Waals surface area contributed by atoms with Gasteiger partial charge in [0.15, 0.2) is 0 Å². The number of hydrogen-bond acceptors (Lipinski definition) is 3. The summed E-state index contributed by atoms with van der Waals surface area (Å²) in [6.45, 7) is 0. The fourth-order valence-corrected chi connectivity index (χ4v) is 7.23. The van der Waals surface area contributed by atoms with E-state index in [2.05, 4.69) is 120 Å². The molecule has 9 rings (SSSR count). The topological polar surface area (TPSA) is 30.7 Å². The molecule has 0 amide bonds. The van der Waals surface area contributed by atoms with Gasteiger partial charge in [-0.2, -0.15) is 0 Å². The van der Waals surface area contributed by atoms with Gasteiger partial charge in [-0.05, 0) is 76.9 Å². The maximum absolute atomic E-state index is 4.99. The van der Waals surface area contributed by atoms with Crippen molar-refractivity contribution in [3.8, 4) is 27.9 Å². The Kier molecular flexibility index (Phi) is 5.07. The molecule has 3 nitrogen and oxygen atoms in total. The molecule has 6 aromatic carbocycles. The van der Waals surface area contributed by atoms with Crippen molar-refractivity contribution in [2.24, 2.45) is 0 Å². The van der Waals surface area contributed by atoms with Gasteiger partial charge in [-0.3, -0.25) is 0 Å². The average molecular weight is 554 g/mol. The van der Waals surface area contributed by atoms with Crippen LogP contribution in [-0.2, 0) is 0 Å². The van der Waals surface area contributed by atoms with Crippen LogP contribution in [0.5, 0.6) is 0 Å². The van der Waals surface area contributed by atoms with Gasteiger partial charge in [0.1, 0.15) is 10.3 Å². The summed E-state index contributed by atoms with van der Waals surface area (Å²) in [4.78, 5) is 10.9. The van der Waals surface area contributed by atoms with E-state index in [0.29, 0.717) is 0 Å². The molecule has 0 aliphatic heterocycles. The molecule has 3 heterocycles. The number of aromatic nitrogens is 3. The SMILES string of the molecule is c1cc(-c2cccc(-n3c4ccccc4c4ccccc43)c2)cc(-c2ccc3sc4nc5ccccc5nc4c3c2)c1. The number of thiophene rings is 1. The first-order valence-corrected chi connectivity index (χ1v) is 14.9. The highest BCUT2D eigenvalue weighted by Crippen LogP contribution is 2.37. The van der Waals surface area contributed by atoms with Crippen LogP contribution in [0.3, 0.4) is 0 Å². The van der Waals surface area contributed by atoms with Crippen molar-refractivity contribution in [1.29, 1.82) is 0 Å². The summed E-state index contributed by atoms with van der Waals surface area (Å²) in [6.07, 6.45) is 0. The second-order valence-corrected chi connectivity index (χ2v) is 11.7. The Morgan fingerprint density at radius 1 is 0.452 bits per heavy atom. The molecule has 0 saturated heterocycles. The number of hydrogen-bond donors (Lipinski definition) is 0. The minimum atomic E-state index is 0.931. The normalized spacial score (nSPS) is 11.8. The summed E-state index contributed by atoms with van der Waals surface area (Å²) in [6, 6.07) is 49.8. The van der Waals surface area contributed by atoms with Gasteiger partial charge < -0.3 is 4.57 Å². The largest absolute Gasteiger partial charge is 0.309 e. The van der Waals surface area contributed by atoms with E-state index in [-0.39, 0.29) is 0 Å². The lowest BCUT2D eigenvalue weighted by Gasteiger charge is -2.11. The summed E-state index contributed by atoms with van der Waals surface area (Å²) >= 11 is 1.71. The molecule has 9 aromatic rings. The molecule has 196 valence electrons. The molecule has 0 atom stereocenters. The molecule has 42 heavy (non-hydrogen) atoms. The van der Waals surface area contributed by atoms with E-state index in [1.165, 1.54) is 48.8 Å². The standard InChI is InChI=1S/C38H23N3S/c1-5-17-34-29(13-1)30-14-2-6-18-35(30)41(34)28-12-8-11-26(22-28)24-9-7-10-25(21-24)27-19-20-36-31(23-27)37-38(42-36)40-33-16-4-3-15-32(33)39-37/h1-23H. The van der Waals surface area contributed by atoms with E-state index in [0.717, 1.165) is 32.5 Å². The van der Waals surface area contributed by atoms with E-state index in [1.807, 2.05) is 24.3 Å². The van der Waals surface area contributed by atoms with Crippen molar-refractivity contribution in [2.45, 2.75) is 0 Å². The quantitative estimate of drug-likeness (QED) is 0.218. The lowest BCUT2D eigenvalue weighted by Crippen LogP contribution is -1.94. The Morgan fingerprint density at radius 3 is 1.79 bits per heavy atom. The summed E-state index contributed by atoms with van der Waals surface area (Å²) in [5.74, 6) is 0. The van der Waals surface area contributed by atoms with E-state index >= 15 is 0 Å². The van der Waals surface area contributed by atoms with Gasteiger partial charge >= 0.3 is 0 Å². The Balaban J connectivity index is 1.16. The van der Waals surface area contributed by atoms with Crippen molar-refractivity contribution < 1.29 is 0 Å². The minimum Gasteiger partial charge on any atom is -0.309 e. The first-order valence-electron chi connectivity index (χ1n) is 14.1. The highest BCUT2D eigenvalue weighted by molar-refractivity contribution is 7.25. The fourth-order valence-electron chi connectivity index (χ4n) is 6.22. The van der Waals surface area contributed by atoms with Crippen LogP contribution in [0.2, 0.25) is 0 Å². The highest BCUT2D eigenvalue weighted by atomic mass is 32.1. The fraction of sp³-hybridized carbons (Fsp3) is 0. The molecule has 4 heteroatoms. The second kappa shape index (κ2) is 9.10. The Labute approximate surface area is 246 Å². The molecule has 0 saturated carbocycles. The lowest BCUT2D eigenvalue weighted by atomic mass is 9.98. The number of para-hydroxylation sites is 4. The van der Waals surface area contributed by atoms with Gasteiger partial charge in [0.2, 0.25) is 0 Å². The molecule has 0 aliphatic rings. The van der Waals surface area contributed by atoms with Crippen molar-refractivity contribution in [2.75, 3.05) is 0 Å². The van der Waals surface area contributed by atoms with Crippen LogP contribution in [0.15, 0.2) is 140 Å². The zero-order valence-electron chi connectivity index (χ0n) is 22.5. The molecule has 0 radical (unpaired) electrons. The van der Waals surface area contributed by atoms with E-state index < -0.39 is 0 Å². The van der Waals surface area contributed by atoms with E-state index in [9.17, 15) is 0 Å². The van der Waals surface area contributed by atoms with Gasteiger partial charge in [-0.25, -0.2) is 9.97 Å². The Bertz CT molecular complexity index is 2430. The average Bonchev–Trinajstić information content (AvgIpc) is 3.58. The molecule has 0 N–H and O–H groups in total. The lowest BCUT2D eigenvalue weighted by molar-refractivity contribution is 1.18. The third-order valence-electron chi connectivity index (χ3n) is 8.19.